The topological polar surface area (TPSA) is 97.4 Å². The summed E-state index contributed by atoms with van der Waals surface area (Å²) in [7, 11) is -2.22. The highest BCUT2D eigenvalue weighted by Gasteiger charge is 2.36. The van der Waals surface area contributed by atoms with Crippen LogP contribution in [-0.4, -0.2) is 42.8 Å². The van der Waals surface area contributed by atoms with Crippen LogP contribution in [0, 0.1) is 0 Å². The van der Waals surface area contributed by atoms with Crippen molar-refractivity contribution in [1.29, 1.82) is 0 Å². The number of piperazine rings is 1. The zero-order valence-corrected chi connectivity index (χ0v) is 16.4. The van der Waals surface area contributed by atoms with Crippen molar-refractivity contribution in [3.63, 3.8) is 0 Å². The van der Waals surface area contributed by atoms with Crippen molar-refractivity contribution in [2.75, 3.05) is 19.6 Å². The molecule has 1 aliphatic rings. The van der Waals surface area contributed by atoms with Crippen molar-refractivity contribution in [1.82, 2.24) is 14.2 Å². The van der Waals surface area contributed by atoms with Gasteiger partial charge in [0.05, 0.1) is 6.04 Å². The quantitative estimate of drug-likeness (QED) is 0.786. The Morgan fingerprint density at radius 2 is 2.04 bits per heavy atom. The van der Waals surface area contributed by atoms with Gasteiger partial charge < -0.3 is 15.6 Å². The molecule has 2 heterocycles. The van der Waals surface area contributed by atoms with E-state index in [4.69, 9.17) is 17.3 Å². The summed E-state index contributed by atoms with van der Waals surface area (Å²) < 4.78 is 29.2. The average Bonchev–Trinajstić information content (AvgIpc) is 2.98. The predicted octanol–water partition coefficient (Wildman–Crippen LogP) is 1.53. The Bertz CT molecular complexity index is 914. The van der Waals surface area contributed by atoms with Crippen molar-refractivity contribution in [3.05, 3.63) is 52.8 Å². The first-order valence-corrected chi connectivity index (χ1v) is 9.57. The molecular weight excluding hydrogens is 399 g/mol. The number of nitrogens with zero attached hydrogens (tertiary/aromatic N) is 2. The predicted molar refractivity (Wildman–Crippen MR) is 102 cm³/mol. The molecule has 1 aromatic carbocycles. The third-order valence-corrected chi connectivity index (χ3v) is 6.52. The van der Waals surface area contributed by atoms with E-state index in [0.29, 0.717) is 24.7 Å². The van der Waals surface area contributed by atoms with Crippen molar-refractivity contribution in [2.45, 2.75) is 10.9 Å². The minimum absolute atomic E-state index is 0. The summed E-state index contributed by atoms with van der Waals surface area (Å²) in [5.41, 5.74) is 6.18. The molecule has 142 valence electrons. The number of sulfonamides is 1. The smallest absolute Gasteiger partial charge is 0.265 e. The highest BCUT2D eigenvalue weighted by Crippen LogP contribution is 2.33. The number of primary amides is 1. The summed E-state index contributed by atoms with van der Waals surface area (Å²) in [6.07, 6.45) is 1.40. The van der Waals surface area contributed by atoms with E-state index in [2.05, 4.69) is 5.32 Å². The van der Waals surface area contributed by atoms with E-state index in [1.165, 1.54) is 21.1 Å². The van der Waals surface area contributed by atoms with Crippen LogP contribution < -0.4 is 11.1 Å². The number of amides is 1. The fraction of sp³-hybridized carbons (Fsp3) is 0.312. The molecule has 0 spiro atoms. The Morgan fingerprint density at radius 3 is 2.65 bits per heavy atom. The number of aromatic nitrogens is 1. The number of hydrogen-bond donors (Lipinski definition) is 2. The molecule has 0 saturated carbocycles. The molecule has 7 nitrogen and oxygen atoms in total. The first-order chi connectivity index (χ1) is 11.8. The average molecular weight is 419 g/mol. The van der Waals surface area contributed by atoms with Gasteiger partial charge in [-0.2, -0.15) is 4.31 Å². The second-order valence-electron chi connectivity index (χ2n) is 5.89. The number of nitrogens with one attached hydrogen (secondary N) is 1. The molecule has 1 aliphatic heterocycles. The van der Waals surface area contributed by atoms with Gasteiger partial charge in [-0.15, -0.1) is 12.4 Å². The molecular formula is C16H20Cl2N4O3S. The van der Waals surface area contributed by atoms with Gasteiger partial charge in [-0.3, -0.25) is 4.79 Å². The Kier molecular flexibility index (Phi) is 6.36. The number of nitrogens with two attached hydrogens (primary N) is 1. The van der Waals surface area contributed by atoms with Crippen LogP contribution in [0.25, 0.3) is 0 Å². The zero-order valence-electron chi connectivity index (χ0n) is 14.1. The number of carbonyl (C=O) groups is 1. The molecule has 1 amide bonds. The summed E-state index contributed by atoms with van der Waals surface area (Å²) >= 11 is 6.28. The maximum Gasteiger partial charge on any atom is 0.265 e. The molecule has 0 aliphatic carbocycles. The third-order valence-electron chi connectivity index (χ3n) is 4.30. The molecule has 1 aromatic heterocycles. The highest BCUT2D eigenvalue weighted by atomic mass is 35.5. The lowest BCUT2D eigenvalue weighted by Crippen LogP contribution is -2.48. The Balaban J connectivity index is 0.00000243. The molecule has 1 unspecified atom stereocenters. The molecule has 3 N–H and O–H groups in total. The van der Waals surface area contributed by atoms with Gasteiger partial charge in [0.2, 0.25) is 10.0 Å². The summed E-state index contributed by atoms with van der Waals surface area (Å²) in [4.78, 5) is 11.5. The molecule has 1 atom stereocenters. The molecule has 3 rings (SSSR count). The van der Waals surface area contributed by atoms with Gasteiger partial charge in [0.25, 0.3) is 5.91 Å². The SMILES string of the molecule is Cl.Cn1cc(S(=O)(=O)N2CCNCC2c2ccccc2Cl)cc1C(N)=O. The van der Waals surface area contributed by atoms with Crippen LogP contribution >= 0.6 is 24.0 Å². The fourth-order valence-electron chi connectivity index (χ4n) is 3.04. The molecule has 2 aromatic rings. The van der Waals surface area contributed by atoms with Crippen molar-refractivity contribution >= 4 is 39.9 Å². The van der Waals surface area contributed by atoms with Crippen LogP contribution in [0.1, 0.15) is 22.1 Å². The van der Waals surface area contributed by atoms with Crippen LogP contribution in [0.4, 0.5) is 0 Å². The lowest BCUT2D eigenvalue weighted by molar-refractivity contribution is 0.0992. The van der Waals surface area contributed by atoms with E-state index in [0.717, 1.165) is 5.56 Å². The van der Waals surface area contributed by atoms with Crippen molar-refractivity contribution < 1.29 is 13.2 Å². The molecule has 26 heavy (non-hydrogen) atoms. The number of hydrogen-bond acceptors (Lipinski definition) is 4. The summed E-state index contributed by atoms with van der Waals surface area (Å²) in [6, 6.07) is 8.08. The third kappa shape index (κ3) is 3.74. The number of aryl methyl sites for hydroxylation is 1. The van der Waals surface area contributed by atoms with E-state index < -0.39 is 22.0 Å². The molecule has 1 saturated heterocycles. The van der Waals surface area contributed by atoms with Crippen molar-refractivity contribution in [3.8, 4) is 0 Å². The van der Waals surface area contributed by atoms with Gasteiger partial charge in [-0.1, -0.05) is 29.8 Å². The molecule has 10 heteroatoms. The Morgan fingerprint density at radius 1 is 1.35 bits per heavy atom. The van der Waals surface area contributed by atoms with Crippen LogP contribution in [0.3, 0.4) is 0 Å². The largest absolute Gasteiger partial charge is 0.364 e. The second kappa shape index (κ2) is 7.98. The van der Waals surface area contributed by atoms with E-state index in [9.17, 15) is 13.2 Å². The molecule has 0 bridgehead atoms. The lowest BCUT2D eigenvalue weighted by Gasteiger charge is -2.35. The standard InChI is InChI=1S/C16H19ClN4O3S.ClH/c1-20-10-11(8-14(20)16(18)22)25(23,24)21-7-6-19-9-15(21)12-4-2-3-5-13(12)17;/h2-5,8,10,15,19H,6-7,9H2,1H3,(H2,18,22);1H. The summed E-state index contributed by atoms with van der Waals surface area (Å²) in [6.45, 7) is 1.30. The second-order valence-corrected chi connectivity index (χ2v) is 8.19. The van der Waals surface area contributed by atoms with Crippen LogP contribution in [-0.2, 0) is 17.1 Å². The van der Waals surface area contributed by atoms with Gasteiger partial charge >= 0.3 is 0 Å². The maximum absolute atomic E-state index is 13.2. The zero-order chi connectivity index (χ0) is 18.2. The number of carbonyl (C=O) groups excluding carboxylic acids is 1. The van der Waals surface area contributed by atoms with Gasteiger partial charge in [0.1, 0.15) is 10.6 Å². The first-order valence-electron chi connectivity index (χ1n) is 7.75. The van der Waals surface area contributed by atoms with E-state index in [-0.39, 0.29) is 23.0 Å². The monoisotopic (exact) mass is 418 g/mol. The Labute approximate surface area is 163 Å². The van der Waals surface area contributed by atoms with Gasteiger partial charge in [0, 0.05) is 37.9 Å². The fourth-order valence-corrected chi connectivity index (χ4v) is 4.98. The van der Waals surface area contributed by atoms with Gasteiger partial charge in [-0.25, -0.2) is 8.42 Å². The maximum atomic E-state index is 13.2. The van der Waals surface area contributed by atoms with E-state index in [1.54, 1.807) is 19.2 Å². The van der Waals surface area contributed by atoms with Crippen LogP contribution in [0.2, 0.25) is 5.02 Å². The van der Waals surface area contributed by atoms with Crippen molar-refractivity contribution in [2.24, 2.45) is 12.8 Å². The number of rotatable bonds is 4. The van der Waals surface area contributed by atoms with E-state index >= 15 is 0 Å². The van der Waals surface area contributed by atoms with Crippen LogP contribution in [0.5, 0.6) is 0 Å². The lowest BCUT2D eigenvalue weighted by atomic mass is 10.1. The summed E-state index contributed by atoms with van der Waals surface area (Å²) in [5.74, 6) is -0.674. The summed E-state index contributed by atoms with van der Waals surface area (Å²) in [5, 5.41) is 3.72. The minimum atomic E-state index is -3.81. The van der Waals surface area contributed by atoms with Gasteiger partial charge in [-0.05, 0) is 17.7 Å². The van der Waals surface area contributed by atoms with Crippen LogP contribution in [0.15, 0.2) is 41.4 Å². The van der Waals surface area contributed by atoms with E-state index in [1.807, 2.05) is 12.1 Å². The Hall–Kier alpha value is -1.58. The normalized spacial score (nSPS) is 18.3. The number of benzene rings is 1. The molecule has 0 radical (unpaired) electrons. The highest BCUT2D eigenvalue weighted by molar-refractivity contribution is 7.89. The minimum Gasteiger partial charge on any atom is -0.364 e. The molecule has 1 fully saturated rings. The first kappa shape index (κ1) is 20.7. The number of halogens is 2. The van der Waals surface area contributed by atoms with Gasteiger partial charge in [0.15, 0.2) is 0 Å².